The monoisotopic (exact) mass is 242 g/mol. The SMILES string of the molecule is COCOc1ccc(OCOC)c(COC)c1. The van der Waals surface area contributed by atoms with E-state index < -0.39 is 0 Å². The molecule has 0 saturated heterocycles. The third-order valence-electron chi connectivity index (χ3n) is 2.01. The molecule has 0 aliphatic carbocycles. The summed E-state index contributed by atoms with van der Waals surface area (Å²) in [6.07, 6.45) is 0. The largest absolute Gasteiger partial charge is 0.468 e. The minimum atomic E-state index is 0.203. The fraction of sp³-hybridized carbons (Fsp3) is 0.500. The van der Waals surface area contributed by atoms with Gasteiger partial charge in [-0.25, -0.2) is 0 Å². The Hall–Kier alpha value is -1.30. The van der Waals surface area contributed by atoms with Crippen molar-refractivity contribution in [1.82, 2.24) is 0 Å². The van der Waals surface area contributed by atoms with E-state index in [-0.39, 0.29) is 13.6 Å². The van der Waals surface area contributed by atoms with Crippen LogP contribution >= 0.6 is 0 Å². The zero-order chi connectivity index (χ0) is 12.5. The van der Waals surface area contributed by atoms with Crippen molar-refractivity contribution in [2.45, 2.75) is 6.61 Å². The van der Waals surface area contributed by atoms with Crippen LogP contribution in [0, 0.1) is 0 Å². The maximum absolute atomic E-state index is 5.41. The van der Waals surface area contributed by atoms with Gasteiger partial charge in [0.1, 0.15) is 11.5 Å². The summed E-state index contributed by atoms with van der Waals surface area (Å²) in [4.78, 5) is 0. The topological polar surface area (TPSA) is 46.2 Å². The molecule has 0 aliphatic heterocycles. The lowest BCUT2D eigenvalue weighted by Crippen LogP contribution is -2.04. The molecule has 96 valence electrons. The summed E-state index contributed by atoms with van der Waals surface area (Å²) >= 11 is 0. The minimum absolute atomic E-state index is 0.203. The van der Waals surface area contributed by atoms with Gasteiger partial charge in [0.05, 0.1) is 6.61 Å². The molecule has 5 nitrogen and oxygen atoms in total. The second-order valence-corrected chi connectivity index (χ2v) is 3.30. The van der Waals surface area contributed by atoms with Gasteiger partial charge in [0.25, 0.3) is 0 Å². The van der Waals surface area contributed by atoms with Crippen molar-refractivity contribution in [2.75, 3.05) is 34.9 Å². The van der Waals surface area contributed by atoms with Gasteiger partial charge in [-0.15, -0.1) is 0 Å². The first-order valence-electron chi connectivity index (χ1n) is 5.17. The molecule has 0 radical (unpaired) electrons. The first kappa shape index (κ1) is 13.8. The van der Waals surface area contributed by atoms with E-state index in [1.165, 1.54) is 0 Å². The zero-order valence-corrected chi connectivity index (χ0v) is 10.4. The predicted octanol–water partition coefficient (Wildman–Crippen LogP) is 1.80. The van der Waals surface area contributed by atoms with Crippen molar-refractivity contribution in [3.63, 3.8) is 0 Å². The fourth-order valence-corrected chi connectivity index (χ4v) is 1.30. The Morgan fingerprint density at radius 2 is 1.59 bits per heavy atom. The van der Waals surface area contributed by atoms with E-state index in [4.69, 9.17) is 23.7 Å². The minimum Gasteiger partial charge on any atom is -0.468 e. The molecule has 0 heterocycles. The van der Waals surface area contributed by atoms with Crippen molar-refractivity contribution in [3.05, 3.63) is 23.8 Å². The molecular weight excluding hydrogens is 224 g/mol. The van der Waals surface area contributed by atoms with Gasteiger partial charge in [-0.1, -0.05) is 0 Å². The maximum Gasteiger partial charge on any atom is 0.188 e. The summed E-state index contributed by atoms with van der Waals surface area (Å²) in [6, 6.07) is 5.48. The molecule has 1 aromatic carbocycles. The molecule has 0 bridgehead atoms. The van der Waals surface area contributed by atoms with Crippen LogP contribution in [-0.2, 0) is 20.8 Å². The summed E-state index contributed by atoms with van der Waals surface area (Å²) in [5, 5.41) is 0. The van der Waals surface area contributed by atoms with E-state index in [2.05, 4.69) is 0 Å². The van der Waals surface area contributed by atoms with Crippen LogP contribution in [0.2, 0.25) is 0 Å². The highest BCUT2D eigenvalue weighted by molar-refractivity contribution is 5.39. The van der Waals surface area contributed by atoms with E-state index in [9.17, 15) is 0 Å². The van der Waals surface area contributed by atoms with Crippen LogP contribution in [0.15, 0.2) is 18.2 Å². The van der Waals surface area contributed by atoms with Gasteiger partial charge in [-0.05, 0) is 18.2 Å². The molecule has 0 unspecified atom stereocenters. The van der Waals surface area contributed by atoms with E-state index in [1.807, 2.05) is 18.2 Å². The van der Waals surface area contributed by atoms with E-state index in [0.29, 0.717) is 12.4 Å². The Kier molecular flexibility index (Phi) is 6.39. The predicted molar refractivity (Wildman–Crippen MR) is 62.2 cm³/mol. The Bertz CT molecular complexity index is 327. The van der Waals surface area contributed by atoms with E-state index in [1.54, 1.807) is 21.3 Å². The molecule has 0 saturated carbocycles. The second-order valence-electron chi connectivity index (χ2n) is 3.30. The van der Waals surface area contributed by atoms with Crippen LogP contribution in [0.3, 0.4) is 0 Å². The lowest BCUT2D eigenvalue weighted by molar-refractivity contribution is 0.0464. The lowest BCUT2D eigenvalue weighted by Gasteiger charge is -2.12. The third-order valence-corrected chi connectivity index (χ3v) is 2.01. The molecule has 0 spiro atoms. The average Bonchev–Trinajstić information content (AvgIpc) is 2.35. The van der Waals surface area contributed by atoms with Crippen molar-refractivity contribution >= 4 is 0 Å². The van der Waals surface area contributed by atoms with Gasteiger partial charge in [0, 0.05) is 26.9 Å². The molecule has 1 aromatic rings. The summed E-state index contributed by atoms with van der Waals surface area (Å²) in [5.74, 6) is 1.43. The molecule has 0 N–H and O–H groups in total. The van der Waals surface area contributed by atoms with Crippen LogP contribution in [0.1, 0.15) is 5.56 Å². The number of rotatable bonds is 8. The van der Waals surface area contributed by atoms with Crippen LogP contribution in [0.25, 0.3) is 0 Å². The van der Waals surface area contributed by atoms with Crippen LogP contribution in [0.5, 0.6) is 11.5 Å². The molecule has 17 heavy (non-hydrogen) atoms. The summed E-state index contributed by atoms with van der Waals surface area (Å²) in [5.41, 5.74) is 0.901. The Morgan fingerprint density at radius 1 is 0.882 bits per heavy atom. The third kappa shape index (κ3) is 4.60. The van der Waals surface area contributed by atoms with Gasteiger partial charge >= 0.3 is 0 Å². The number of hydrogen-bond acceptors (Lipinski definition) is 5. The number of benzene rings is 1. The summed E-state index contributed by atoms with van der Waals surface area (Å²) < 4.78 is 25.5. The van der Waals surface area contributed by atoms with Crippen molar-refractivity contribution in [2.24, 2.45) is 0 Å². The molecule has 0 atom stereocenters. The average molecular weight is 242 g/mol. The maximum atomic E-state index is 5.41. The van der Waals surface area contributed by atoms with Gasteiger partial charge in [0.15, 0.2) is 13.6 Å². The fourth-order valence-electron chi connectivity index (χ4n) is 1.30. The Labute approximate surface area is 101 Å². The molecule has 5 heteroatoms. The van der Waals surface area contributed by atoms with Crippen molar-refractivity contribution in [3.8, 4) is 11.5 Å². The van der Waals surface area contributed by atoms with Gasteiger partial charge in [0.2, 0.25) is 0 Å². The lowest BCUT2D eigenvalue weighted by atomic mass is 10.2. The first-order valence-corrected chi connectivity index (χ1v) is 5.17. The van der Waals surface area contributed by atoms with Gasteiger partial charge in [-0.3, -0.25) is 0 Å². The second kappa shape index (κ2) is 7.89. The highest BCUT2D eigenvalue weighted by Crippen LogP contribution is 2.25. The zero-order valence-electron chi connectivity index (χ0n) is 10.4. The molecule has 0 aliphatic rings. The highest BCUT2D eigenvalue weighted by atomic mass is 16.7. The number of ether oxygens (including phenoxy) is 5. The van der Waals surface area contributed by atoms with Gasteiger partial charge < -0.3 is 23.7 Å². The number of hydrogen-bond donors (Lipinski definition) is 0. The Balaban J connectivity index is 2.75. The quantitative estimate of drug-likeness (QED) is 0.650. The van der Waals surface area contributed by atoms with Crippen molar-refractivity contribution < 1.29 is 23.7 Å². The summed E-state index contributed by atoms with van der Waals surface area (Å²) in [6.45, 7) is 0.864. The van der Waals surface area contributed by atoms with E-state index >= 15 is 0 Å². The first-order chi connectivity index (χ1) is 8.31. The Morgan fingerprint density at radius 3 is 2.24 bits per heavy atom. The molecule has 0 amide bonds. The van der Waals surface area contributed by atoms with Crippen LogP contribution in [-0.4, -0.2) is 34.9 Å². The van der Waals surface area contributed by atoms with Crippen LogP contribution in [0.4, 0.5) is 0 Å². The smallest absolute Gasteiger partial charge is 0.188 e. The van der Waals surface area contributed by atoms with Crippen molar-refractivity contribution in [1.29, 1.82) is 0 Å². The molecule has 0 aromatic heterocycles. The highest BCUT2D eigenvalue weighted by Gasteiger charge is 2.06. The molecular formula is C12H18O5. The molecule has 1 rings (SSSR count). The van der Waals surface area contributed by atoms with Gasteiger partial charge in [-0.2, -0.15) is 0 Å². The molecule has 0 fully saturated rings. The standard InChI is InChI=1S/C12H18O5/c1-13-7-10-6-11(16-8-14-2)4-5-12(10)17-9-15-3/h4-6H,7-9H2,1-3H3. The van der Waals surface area contributed by atoms with E-state index in [0.717, 1.165) is 11.3 Å². The number of methoxy groups -OCH3 is 3. The van der Waals surface area contributed by atoms with Crippen LogP contribution < -0.4 is 9.47 Å². The summed E-state index contributed by atoms with van der Waals surface area (Å²) in [7, 11) is 4.78. The normalized spacial score (nSPS) is 10.3.